The lowest BCUT2D eigenvalue weighted by atomic mass is 10.2. The summed E-state index contributed by atoms with van der Waals surface area (Å²) in [6.07, 6.45) is 0. The number of hydrogen-bond acceptors (Lipinski definition) is 4. The van der Waals surface area contributed by atoms with Crippen molar-refractivity contribution in [1.29, 1.82) is 0 Å². The number of rotatable bonds is 2. The molecule has 1 rings (SSSR count). The summed E-state index contributed by atoms with van der Waals surface area (Å²) in [5.74, 6) is -1.91. The highest BCUT2D eigenvalue weighted by atomic mass is 32.2. The minimum atomic E-state index is -5.73. The molecule has 0 bridgehead atoms. The van der Waals surface area contributed by atoms with E-state index in [9.17, 15) is 31.5 Å². The fraction of sp³-hybridized carbons (Fsp3) is 0.125. The van der Waals surface area contributed by atoms with E-state index in [1.54, 1.807) is 0 Å². The summed E-state index contributed by atoms with van der Waals surface area (Å²) >= 11 is 0. The molecule has 0 saturated heterocycles. The molecule has 0 unspecified atom stereocenters. The topological polar surface area (TPSA) is 86.3 Å². The van der Waals surface area contributed by atoms with Gasteiger partial charge in [-0.25, -0.2) is 4.72 Å². The van der Waals surface area contributed by atoms with Gasteiger partial charge in [0.1, 0.15) is 0 Å². The van der Waals surface area contributed by atoms with Crippen LogP contribution in [0.15, 0.2) is 24.3 Å². The molecule has 94 valence electrons. The number of hydrogen-bond donors (Lipinski definition) is 1. The van der Waals surface area contributed by atoms with Gasteiger partial charge in [-0.1, -0.05) is 24.3 Å². The number of benzene rings is 1. The third kappa shape index (κ3) is 3.09. The van der Waals surface area contributed by atoms with Gasteiger partial charge in [-0.05, 0) is 0 Å². The van der Waals surface area contributed by atoms with Crippen LogP contribution >= 0.6 is 0 Å². The van der Waals surface area contributed by atoms with Crippen molar-refractivity contribution in [1.82, 2.24) is 4.72 Å². The molecule has 5 nitrogen and oxygen atoms in total. The first-order valence-electron chi connectivity index (χ1n) is 4.04. The van der Waals surface area contributed by atoms with E-state index in [2.05, 4.69) is 0 Å². The van der Waals surface area contributed by atoms with Gasteiger partial charge in [-0.15, -0.1) is 5.75 Å². The van der Waals surface area contributed by atoms with Gasteiger partial charge < -0.3 is 5.11 Å². The number of nitrogens with one attached hydrogen (secondary N) is 1. The standard InChI is InChI=1S/C8H6F3NO4S/c9-8(10,11)17(15,16)12-7(14)5-1-3-6(13)4-2-5/h1-4,13H,(H,12,14)/p-1. The zero-order chi connectivity index (χ0) is 13.3. The Balaban J connectivity index is 2.91. The molecule has 0 aliphatic rings. The molecule has 1 N–H and O–H groups in total. The van der Waals surface area contributed by atoms with Crippen molar-refractivity contribution in [2.75, 3.05) is 0 Å². The van der Waals surface area contributed by atoms with Crippen molar-refractivity contribution in [2.45, 2.75) is 5.51 Å². The molecular formula is C8H5F3NO4S-. The molecule has 17 heavy (non-hydrogen) atoms. The van der Waals surface area contributed by atoms with Crippen LogP contribution in [0.3, 0.4) is 0 Å². The first-order valence-corrected chi connectivity index (χ1v) is 5.52. The second-order valence-corrected chi connectivity index (χ2v) is 4.58. The monoisotopic (exact) mass is 268 g/mol. The average Bonchev–Trinajstić information content (AvgIpc) is 2.16. The summed E-state index contributed by atoms with van der Waals surface area (Å²) in [4.78, 5) is 11.1. The first kappa shape index (κ1) is 13.3. The summed E-state index contributed by atoms with van der Waals surface area (Å²) in [6, 6.07) is 3.69. The van der Waals surface area contributed by atoms with Crippen molar-refractivity contribution < 1.29 is 31.5 Å². The van der Waals surface area contributed by atoms with Crippen molar-refractivity contribution >= 4 is 15.9 Å². The van der Waals surface area contributed by atoms with Gasteiger partial charge in [-0.3, -0.25) is 4.79 Å². The van der Waals surface area contributed by atoms with Gasteiger partial charge in [0.2, 0.25) is 0 Å². The molecule has 1 aromatic carbocycles. The van der Waals surface area contributed by atoms with E-state index in [0.717, 1.165) is 29.0 Å². The number of alkyl halides is 3. The van der Waals surface area contributed by atoms with Crippen LogP contribution in [0.2, 0.25) is 0 Å². The Morgan fingerprint density at radius 2 is 1.65 bits per heavy atom. The van der Waals surface area contributed by atoms with Gasteiger partial charge >= 0.3 is 15.5 Å². The Labute approximate surface area is 93.9 Å². The van der Waals surface area contributed by atoms with E-state index >= 15 is 0 Å². The van der Waals surface area contributed by atoms with Gasteiger partial charge in [0.05, 0.1) is 0 Å². The summed E-state index contributed by atoms with van der Waals surface area (Å²) < 4.78 is 57.8. The molecule has 0 saturated carbocycles. The third-order valence-corrected chi connectivity index (χ3v) is 2.71. The lowest BCUT2D eigenvalue weighted by molar-refractivity contribution is -0.268. The Hall–Kier alpha value is -1.77. The Morgan fingerprint density at radius 1 is 1.18 bits per heavy atom. The highest BCUT2D eigenvalue weighted by molar-refractivity contribution is 7.90. The zero-order valence-electron chi connectivity index (χ0n) is 7.98. The van der Waals surface area contributed by atoms with Gasteiger partial charge in [0.15, 0.2) is 0 Å². The molecule has 1 aromatic rings. The highest BCUT2D eigenvalue weighted by Crippen LogP contribution is 2.21. The zero-order valence-corrected chi connectivity index (χ0v) is 8.80. The van der Waals surface area contributed by atoms with Crippen LogP contribution < -0.4 is 9.83 Å². The molecule has 0 aliphatic carbocycles. The molecule has 9 heteroatoms. The molecular weight excluding hydrogens is 263 g/mol. The fourth-order valence-corrected chi connectivity index (χ4v) is 1.32. The maximum atomic E-state index is 11.9. The van der Waals surface area contributed by atoms with Gasteiger partial charge in [0.25, 0.3) is 5.91 Å². The maximum Gasteiger partial charge on any atom is 0.516 e. The smallest absolute Gasteiger partial charge is 0.516 e. The van der Waals surface area contributed by atoms with Crippen LogP contribution in [0, 0.1) is 0 Å². The second kappa shape index (κ2) is 4.24. The molecule has 0 radical (unpaired) electrons. The summed E-state index contributed by atoms with van der Waals surface area (Å²) in [5, 5.41) is 10.7. The molecule has 0 aliphatic heterocycles. The molecule has 0 aromatic heterocycles. The average molecular weight is 268 g/mol. The fourth-order valence-electron chi connectivity index (χ4n) is 0.845. The molecule has 0 heterocycles. The minimum Gasteiger partial charge on any atom is -0.872 e. The van der Waals surface area contributed by atoms with Crippen molar-refractivity contribution in [3.8, 4) is 5.75 Å². The van der Waals surface area contributed by atoms with Crippen LogP contribution in [-0.4, -0.2) is 19.8 Å². The van der Waals surface area contributed by atoms with Gasteiger partial charge in [0, 0.05) is 5.56 Å². The number of sulfonamides is 1. The Bertz CT molecular complexity index is 521. The summed E-state index contributed by atoms with van der Waals surface area (Å²) in [5.41, 5.74) is -5.93. The summed E-state index contributed by atoms with van der Waals surface area (Å²) in [6.45, 7) is 0. The van der Waals surface area contributed by atoms with E-state index < -0.39 is 27.2 Å². The van der Waals surface area contributed by atoms with Crippen molar-refractivity contribution in [2.24, 2.45) is 0 Å². The van der Waals surface area contributed by atoms with Crippen LogP contribution in [0.4, 0.5) is 13.2 Å². The highest BCUT2D eigenvalue weighted by Gasteiger charge is 2.47. The molecule has 1 amide bonds. The van der Waals surface area contributed by atoms with Crippen LogP contribution in [0.1, 0.15) is 10.4 Å². The van der Waals surface area contributed by atoms with E-state index in [-0.39, 0.29) is 5.56 Å². The van der Waals surface area contributed by atoms with E-state index in [4.69, 9.17) is 0 Å². The molecule has 0 fully saturated rings. The maximum absolute atomic E-state index is 11.9. The Morgan fingerprint density at radius 3 is 2.06 bits per heavy atom. The largest absolute Gasteiger partial charge is 0.872 e. The third-order valence-electron chi connectivity index (χ3n) is 1.65. The van der Waals surface area contributed by atoms with Crippen LogP contribution in [0.5, 0.6) is 5.75 Å². The Kier molecular flexibility index (Phi) is 3.32. The normalized spacial score (nSPS) is 12.2. The number of amides is 1. The lowest BCUT2D eigenvalue weighted by Crippen LogP contribution is -2.40. The van der Waals surface area contributed by atoms with E-state index in [0.29, 0.717) is 0 Å². The predicted molar refractivity (Wildman–Crippen MR) is 48.3 cm³/mol. The predicted octanol–water partition coefficient (Wildman–Crippen LogP) is 0.340. The SMILES string of the molecule is O=C(NS(=O)(=O)C(F)(F)F)c1ccc([O-])cc1. The van der Waals surface area contributed by atoms with Crippen molar-refractivity contribution in [3.05, 3.63) is 29.8 Å². The number of carbonyl (C=O) groups is 1. The van der Waals surface area contributed by atoms with Crippen LogP contribution in [-0.2, 0) is 10.0 Å². The molecule has 0 spiro atoms. The number of carbonyl (C=O) groups excluding carboxylic acids is 1. The van der Waals surface area contributed by atoms with Gasteiger partial charge in [-0.2, -0.15) is 21.6 Å². The molecule has 0 atom stereocenters. The van der Waals surface area contributed by atoms with Crippen molar-refractivity contribution in [3.63, 3.8) is 0 Å². The number of halogens is 3. The van der Waals surface area contributed by atoms with E-state index in [1.807, 2.05) is 0 Å². The van der Waals surface area contributed by atoms with Crippen LogP contribution in [0.25, 0.3) is 0 Å². The minimum absolute atomic E-state index is 0.363. The van der Waals surface area contributed by atoms with E-state index in [1.165, 1.54) is 0 Å². The second-order valence-electron chi connectivity index (χ2n) is 2.90. The first-order chi connectivity index (χ1) is 7.63. The lowest BCUT2D eigenvalue weighted by Gasteiger charge is -2.10. The summed E-state index contributed by atoms with van der Waals surface area (Å²) in [7, 11) is -5.73. The quantitative estimate of drug-likeness (QED) is 0.838.